The SMILES string of the molecule is CC(C)(C)OC(=O)N1CCC(C(=O)NCCCC2CCCC2)CC1. The lowest BCUT2D eigenvalue weighted by Crippen LogP contribution is -2.45. The van der Waals surface area contributed by atoms with Crippen LogP contribution in [0.1, 0.15) is 72.1 Å². The molecule has 5 nitrogen and oxygen atoms in total. The first kappa shape index (κ1) is 19.1. The van der Waals surface area contributed by atoms with Crippen LogP contribution >= 0.6 is 0 Å². The summed E-state index contributed by atoms with van der Waals surface area (Å²) in [6.45, 7) is 7.62. The van der Waals surface area contributed by atoms with E-state index in [-0.39, 0.29) is 17.9 Å². The third-order valence-corrected chi connectivity index (χ3v) is 5.08. The van der Waals surface area contributed by atoms with Crippen LogP contribution < -0.4 is 5.32 Å². The highest BCUT2D eigenvalue weighted by molar-refractivity contribution is 5.79. The fraction of sp³-hybridized carbons (Fsp3) is 0.895. The molecule has 2 rings (SSSR count). The van der Waals surface area contributed by atoms with Gasteiger partial charge in [0.25, 0.3) is 0 Å². The Morgan fingerprint density at radius 2 is 1.71 bits per heavy atom. The standard InChI is InChI=1S/C19H34N2O3/c1-19(2,3)24-18(23)21-13-10-16(11-14-21)17(22)20-12-6-9-15-7-4-5-8-15/h15-16H,4-14H2,1-3H3,(H,20,22). The molecular weight excluding hydrogens is 304 g/mol. The van der Waals surface area contributed by atoms with Crippen molar-refractivity contribution < 1.29 is 14.3 Å². The monoisotopic (exact) mass is 338 g/mol. The number of ether oxygens (including phenoxy) is 1. The van der Waals surface area contributed by atoms with E-state index in [1.165, 1.54) is 32.1 Å². The zero-order valence-corrected chi connectivity index (χ0v) is 15.6. The van der Waals surface area contributed by atoms with Gasteiger partial charge < -0.3 is 15.0 Å². The Labute approximate surface area is 146 Å². The second kappa shape index (κ2) is 8.72. The number of nitrogens with one attached hydrogen (secondary N) is 1. The summed E-state index contributed by atoms with van der Waals surface area (Å²) in [7, 11) is 0. The Hall–Kier alpha value is -1.26. The Morgan fingerprint density at radius 3 is 2.29 bits per heavy atom. The molecular formula is C19H34N2O3. The normalized spacial score (nSPS) is 20.2. The fourth-order valence-electron chi connectivity index (χ4n) is 3.70. The minimum absolute atomic E-state index is 0.0372. The van der Waals surface area contributed by atoms with Crippen molar-refractivity contribution in [1.82, 2.24) is 10.2 Å². The third kappa shape index (κ3) is 6.33. The van der Waals surface area contributed by atoms with Gasteiger partial charge in [-0.05, 0) is 52.4 Å². The number of nitrogens with zero attached hydrogens (tertiary/aromatic N) is 1. The second-order valence-corrected chi connectivity index (χ2v) is 8.33. The van der Waals surface area contributed by atoms with Crippen molar-refractivity contribution in [2.45, 2.75) is 77.7 Å². The third-order valence-electron chi connectivity index (χ3n) is 5.08. The molecule has 0 aromatic carbocycles. The van der Waals surface area contributed by atoms with Gasteiger partial charge in [0.15, 0.2) is 0 Å². The molecule has 2 fully saturated rings. The van der Waals surface area contributed by atoms with Gasteiger partial charge in [-0.15, -0.1) is 0 Å². The highest BCUT2D eigenvalue weighted by atomic mass is 16.6. The van der Waals surface area contributed by atoms with Crippen LogP contribution in [-0.2, 0) is 9.53 Å². The van der Waals surface area contributed by atoms with Crippen LogP contribution in [0.25, 0.3) is 0 Å². The molecule has 1 saturated carbocycles. The van der Waals surface area contributed by atoms with Gasteiger partial charge in [0.2, 0.25) is 5.91 Å². The van der Waals surface area contributed by atoms with Gasteiger partial charge in [-0.25, -0.2) is 4.79 Å². The molecule has 138 valence electrons. The van der Waals surface area contributed by atoms with E-state index in [1.54, 1.807) is 4.90 Å². The molecule has 1 N–H and O–H groups in total. The lowest BCUT2D eigenvalue weighted by molar-refractivity contribution is -0.126. The minimum Gasteiger partial charge on any atom is -0.444 e. The average Bonchev–Trinajstić information content (AvgIpc) is 3.03. The Balaban J connectivity index is 1.60. The summed E-state index contributed by atoms with van der Waals surface area (Å²) in [5.74, 6) is 1.08. The van der Waals surface area contributed by atoms with Crippen LogP contribution in [0.3, 0.4) is 0 Å². The summed E-state index contributed by atoms with van der Waals surface area (Å²) in [4.78, 5) is 26.0. The first-order chi connectivity index (χ1) is 11.3. The van der Waals surface area contributed by atoms with Crippen molar-refractivity contribution in [2.24, 2.45) is 11.8 Å². The minimum atomic E-state index is -0.468. The number of amides is 2. The fourth-order valence-corrected chi connectivity index (χ4v) is 3.70. The van der Waals surface area contributed by atoms with Gasteiger partial charge in [-0.1, -0.05) is 25.7 Å². The van der Waals surface area contributed by atoms with Gasteiger partial charge in [0.05, 0.1) is 0 Å². The number of piperidine rings is 1. The van der Waals surface area contributed by atoms with Crippen molar-refractivity contribution in [2.75, 3.05) is 19.6 Å². The number of hydrogen-bond donors (Lipinski definition) is 1. The van der Waals surface area contributed by atoms with Crippen LogP contribution in [0.4, 0.5) is 4.79 Å². The maximum atomic E-state index is 12.3. The van der Waals surface area contributed by atoms with E-state index >= 15 is 0 Å². The number of rotatable bonds is 5. The zero-order valence-electron chi connectivity index (χ0n) is 15.6. The van der Waals surface area contributed by atoms with Gasteiger partial charge >= 0.3 is 6.09 Å². The van der Waals surface area contributed by atoms with Crippen molar-refractivity contribution in [3.8, 4) is 0 Å². The predicted molar refractivity (Wildman–Crippen MR) is 94.7 cm³/mol. The topological polar surface area (TPSA) is 58.6 Å². The number of carbonyl (C=O) groups is 2. The van der Waals surface area contributed by atoms with E-state index < -0.39 is 5.60 Å². The Kier molecular flexibility index (Phi) is 6.93. The van der Waals surface area contributed by atoms with E-state index in [2.05, 4.69) is 5.32 Å². The highest BCUT2D eigenvalue weighted by Crippen LogP contribution is 2.28. The lowest BCUT2D eigenvalue weighted by atomic mass is 9.96. The first-order valence-corrected chi connectivity index (χ1v) is 9.61. The molecule has 1 saturated heterocycles. The summed E-state index contributed by atoms with van der Waals surface area (Å²) in [5.41, 5.74) is -0.468. The van der Waals surface area contributed by atoms with Crippen LogP contribution in [0.15, 0.2) is 0 Å². The van der Waals surface area contributed by atoms with Crippen LogP contribution in [-0.4, -0.2) is 42.1 Å². The van der Waals surface area contributed by atoms with Crippen molar-refractivity contribution in [3.63, 3.8) is 0 Å². The van der Waals surface area contributed by atoms with Crippen LogP contribution in [0.2, 0.25) is 0 Å². The van der Waals surface area contributed by atoms with Crippen molar-refractivity contribution >= 4 is 12.0 Å². The van der Waals surface area contributed by atoms with E-state index in [0.29, 0.717) is 13.1 Å². The van der Waals surface area contributed by atoms with Gasteiger partial charge in [0.1, 0.15) is 5.60 Å². The molecule has 0 aromatic heterocycles. The summed E-state index contributed by atoms with van der Waals surface area (Å²) >= 11 is 0. The summed E-state index contributed by atoms with van der Waals surface area (Å²) < 4.78 is 5.39. The summed E-state index contributed by atoms with van der Waals surface area (Å²) in [6, 6.07) is 0. The molecule has 2 aliphatic rings. The summed E-state index contributed by atoms with van der Waals surface area (Å²) in [5, 5.41) is 3.09. The van der Waals surface area contributed by atoms with E-state index in [0.717, 1.165) is 31.7 Å². The maximum absolute atomic E-state index is 12.3. The van der Waals surface area contributed by atoms with Crippen molar-refractivity contribution in [1.29, 1.82) is 0 Å². The molecule has 1 heterocycles. The van der Waals surface area contributed by atoms with E-state index in [4.69, 9.17) is 4.74 Å². The molecule has 2 amide bonds. The molecule has 0 bridgehead atoms. The number of carbonyl (C=O) groups excluding carboxylic acids is 2. The predicted octanol–water partition coefficient (Wildman–Crippen LogP) is 3.72. The van der Waals surface area contributed by atoms with Gasteiger partial charge in [-0.2, -0.15) is 0 Å². The molecule has 24 heavy (non-hydrogen) atoms. The lowest BCUT2D eigenvalue weighted by Gasteiger charge is -2.32. The number of likely N-dealkylation sites (tertiary alicyclic amines) is 1. The Bertz CT molecular complexity index is 417. The second-order valence-electron chi connectivity index (χ2n) is 8.33. The molecule has 5 heteroatoms. The van der Waals surface area contributed by atoms with Gasteiger partial charge in [0, 0.05) is 25.6 Å². The largest absolute Gasteiger partial charge is 0.444 e. The summed E-state index contributed by atoms with van der Waals surface area (Å²) in [6.07, 6.45) is 9.04. The molecule has 0 unspecified atom stereocenters. The molecule has 1 aliphatic carbocycles. The van der Waals surface area contributed by atoms with Crippen LogP contribution in [0, 0.1) is 11.8 Å². The zero-order chi connectivity index (χ0) is 17.6. The van der Waals surface area contributed by atoms with Gasteiger partial charge in [-0.3, -0.25) is 4.79 Å². The smallest absolute Gasteiger partial charge is 0.410 e. The molecule has 0 spiro atoms. The number of hydrogen-bond acceptors (Lipinski definition) is 3. The average molecular weight is 338 g/mol. The van der Waals surface area contributed by atoms with E-state index in [1.807, 2.05) is 20.8 Å². The van der Waals surface area contributed by atoms with E-state index in [9.17, 15) is 9.59 Å². The maximum Gasteiger partial charge on any atom is 0.410 e. The first-order valence-electron chi connectivity index (χ1n) is 9.61. The molecule has 0 atom stereocenters. The Morgan fingerprint density at radius 1 is 1.08 bits per heavy atom. The molecule has 0 aromatic rings. The molecule has 1 aliphatic heterocycles. The molecule has 0 radical (unpaired) electrons. The van der Waals surface area contributed by atoms with Crippen LogP contribution in [0.5, 0.6) is 0 Å². The highest BCUT2D eigenvalue weighted by Gasteiger charge is 2.29. The van der Waals surface area contributed by atoms with Crippen molar-refractivity contribution in [3.05, 3.63) is 0 Å². The quantitative estimate of drug-likeness (QED) is 0.777.